The lowest BCUT2D eigenvalue weighted by atomic mass is 10.3. The highest BCUT2D eigenvalue weighted by atomic mass is 19.2. The van der Waals surface area contributed by atoms with Gasteiger partial charge in [0.15, 0.2) is 0 Å². The molecule has 0 radical (unpaired) electrons. The third-order valence-electron chi connectivity index (χ3n) is 1.29. The molecule has 0 amide bonds. The molecule has 0 aromatic carbocycles. The monoisotopic (exact) mass is 118 g/mol. The first kappa shape index (κ1) is 5.98. The first-order chi connectivity index (χ1) is 3.89. The lowest BCUT2D eigenvalue weighted by molar-refractivity contribution is 0.0237. The summed E-state index contributed by atoms with van der Waals surface area (Å²) in [6.07, 6.45) is 2.07. The number of nitrogens with one attached hydrogen (secondary N) is 1. The van der Waals surface area contributed by atoms with E-state index >= 15 is 0 Å². The Morgan fingerprint density at radius 2 is 2.25 bits per heavy atom. The van der Waals surface area contributed by atoms with Gasteiger partial charge in [-0.15, -0.1) is 9.60 Å². The van der Waals surface area contributed by atoms with Crippen LogP contribution in [0.1, 0.15) is 12.8 Å². The highest BCUT2D eigenvalue weighted by Crippen LogP contribution is 1.97. The van der Waals surface area contributed by atoms with Crippen LogP contribution in [-0.4, -0.2) is 24.9 Å². The van der Waals surface area contributed by atoms with Crippen LogP contribution >= 0.6 is 0 Å². The number of hydrogen-bond acceptors (Lipinski definition) is 2. The maximum Gasteiger partial charge on any atom is 0.0781 e. The Balaban J connectivity index is 2.17. The zero-order chi connectivity index (χ0) is 5.82. The van der Waals surface area contributed by atoms with E-state index in [2.05, 4.69) is 5.32 Å². The highest BCUT2D eigenvalue weighted by Gasteiger charge is 2.04. The SMILES string of the molecule is FN1CCCCNC1. The molecule has 8 heavy (non-hydrogen) atoms. The van der Waals surface area contributed by atoms with Crippen LogP contribution in [0, 0.1) is 0 Å². The van der Waals surface area contributed by atoms with Gasteiger partial charge in [-0.05, 0) is 19.4 Å². The van der Waals surface area contributed by atoms with E-state index in [1.54, 1.807) is 0 Å². The van der Waals surface area contributed by atoms with Crippen molar-refractivity contribution in [2.75, 3.05) is 19.8 Å². The van der Waals surface area contributed by atoms with E-state index in [0.29, 0.717) is 13.2 Å². The van der Waals surface area contributed by atoms with Crippen molar-refractivity contribution in [3.05, 3.63) is 0 Å². The summed E-state index contributed by atoms with van der Waals surface area (Å²) in [4.78, 5) is 0. The van der Waals surface area contributed by atoms with Crippen molar-refractivity contribution >= 4 is 0 Å². The highest BCUT2D eigenvalue weighted by molar-refractivity contribution is 4.53. The summed E-state index contributed by atoms with van der Waals surface area (Å²) in [6, 6.07) is 0. The van der Waals surface area contributed by atoms with Crippen molar-refractivity contribution in [3.8, 4) is 0 Å². The third-order valence-corrected chi connectivity index (χ3v) is 1.29. The fraction of sp³-hybridized carbons (Fsp3) is 1.00. The number of halogens is 1. The van der Waals surface area contributed by atoms with E-state index in [-0.39, 0.29) is 0 Å². The zero-order valence-corrected chi connectivity index (χ0v) is 4.86. The Bertz CT molecular complexity index is 59.4. The fourth-order valence-electron chi connectivity index (χ4n) is 0.813. The zero-order valence-electron chi connectivity index (χ0n) is 4.86. The molecule has 0 aliphatic carbocycles. The van der Waals surface area contributed by atoms with Crippen LogP contribution < -0.4 is 5.32 Å². The number of hydrogen-bond donors (Lipinski definition) is 1. The van der Waals surface area contributed by atoms with Crippen LogP contribution in [0.15, 0.2) is 0 Å². The fourth-order valence-corrected chi connectivity index (χ4v) is 0.813. The molecule has 1 heterocycles. The quantitative estimate of drug-likeness (QED) is 0.466. The summed E-state index contributed by atoms with van der Waals surface area (Å²) in [7, 11) is 0. The van der Waals surface area contributed by atoms with Gasteiger partial charge in [0.2, 0.25) is 0 Å². The third kappa shape index (κ3) is 1.76. The topological polar surface area (TPSA) is 15.3 Å². The molecule has 0 aromatic rings. The average Bonchev–Trinajstić information content (AvgIpc) is 1.94. The van der Waals surface area contributed by atoms with Gasteiger partial charge in [0.25, 0.3) is 0 Å². The Kier molecular flexibility index (Phi) is 2.24. The van der Waals surface area contributed by atoms with Crippen LogP contribution in [-0.2, 0) is 0 Å². The maximum absolute atomic E-state index is 12.2. The van der Waals surface area contributed by atoms with Crippen LogP contribution in [0.4, 0.5) is 4.48 Å². The lowest BCUT2D eigenvalue weighted by Gasteiger charge is -2.04. The molecular weight excluding hydrogens is 107 g/mol. The summed E-state index contributed by atoms with van der Waals surface area (Å²) in [5.41, 5.74) is 0. The van der Waals surface area contributed by atoms with Gasteiger partial charge >= 0.3 is 0 Å². The molecule has 0 unspecified atom stereocenters. The predicted octanol–water partition coefficient (Wildman–Crippen LogP) is 0.514. The lowest BCUT2D eigenvalue weighted by Crippen LogP contribution is -2.25. The van der Waals surface area contributed by atoms with Gasteiger partial charge in [-0.1, -0.05) is 0 Å². The minimum absolute atomic E-state index is 0.403. The van der Waals surface area contributed by atoms with E-state index in [1.165, 1.54) is 0 Å². The molecule has 1 fully saturated rings. The summed E-state index contributed by atoms with van der Waals surface area (Å²) in [6.45, 7) is 1.95. The van der Waals surface area contributed by atoms with Crippen LogP contribution in [0.2, 0.25) is 0 Å². The van der Waals surface area contributed by atoms with Gasteiger partial charge in [-0.25, -0.2) is 0 Å². The molecule has 1 N–H and O–H groups in total. The van der Waals surface area contributed by atoms with Crippen molar-refractivity contribution in [1.29, 1.82) is 0 Å². The summed E-state index contributed by atoms with van der Waals surface area (Å²) in [5.74, 6) is 0. The van der Waals surface area contributed by atoms with Crippen molar-refractivity contribution < 1.29 is 4.48 Å². The van der Waals surface area contributed by atoms with Crippen LogP contribution in [0.25, 0.3) is 0 Å². The standard InChI is InChI=1S/C5H11FN2/c6-8-4-2-1-3-7-5-8/h7H,1-5H2. The first-order valence-corrected chi connectivity index (χ1v) is 3.01. The Labute approximate surface area is 48.6 Å². The molecule has 0 atom stereocenters. The maximum atomic E-state index is 12.2. The summed E-state index contributed by atoms with van der Waals surface area (Å²) >= 11 is 0. The molecule has 48 valence electrons. The number of rotatable bonds is 0. The second kappa shape index (κ2) is 2.99. The molecule has 0 bridgehead atoms. The second-order valence-corrected chi connectivity index (χ2v) is 2.05. The second-order valence-electron chi connectivity index (χ2n) is 2.05. The van der Waals surface area contributed by atoms with Crippen molar-refractivity contribution in [1.82, 2.24) is 10.4 Å². The van der Waals surface area contributed by atoms with Gasteiger partial charge in [0.1, 0.15) is 0 Å². The summed E-state index contributed by atoms with van der Waals surface area (Å²) < 4.78 is 12.2. The van der Waals surface area contributed by atoms with Crippen LogP contribution in [0.3, 0.4) is 0 Å². The van der Waals surface area contributed by atoms with E-state index in [4.69, 9.17) is 0 Å². The molecule has 0 spiro atoms. The summed E-state index contributed by atoms with van der Waals surface area (Å²) in [5, 5.41) is 3.76. The molecular formula is C5H11FN2. The van der Waals surface area contributed by atoms with Crippen molar-refractivity contribution in [2.45, 2.75) is 12.8 Å². The largest absolute Gasteiger partial charge is 0.302 e. The molecule has 0 aromatic heterocycles. The predicted molar refractivity (Wildman–Crippen MR) is 29.9 cm³/mol. The van der Waals surface area contributed by atoms with Gasteiger partial charge in [0, 0.05) is 6.54 Å². The van der Waals surface area contributed by atoms with Gasteiger partial charge in [-0.3, -0.25) is 0 Å². The first-order valence-electron chi connectivity index (χ1n) is 3.01. The van der Waals surface area contributed by atoms with E-state index in [1.807, 2.05) is 0 Å². The van der Waals surface area contributed by atoms with Crippen LogP contribution in [0.5, 0.6) is 0 Å². The minimum Gasteiger partial charge on any atom is -0.302 e. The molecule has 1 aliphatic rings. The normalized spacial score (nSPS) is 25.1. The van der Waals surface area contributed by atoms with E-state index in [0.717, 1.165) is 24.5 Å². The Morgan fingerprint density at radius 3 is 3.12 bits per heavy atom. The molecule has 0 saturated carbocycles. The molecule has 1 saturated heterocycles. The van der Waals surface area contributed by atoms with Crippen molar-refractivity contribution in [3.63, 3.8) is 0 Å². The van der Waals surface area contributed by atoms with Crippen molar-refractivity contribution in [2.24, 2.45) is 0 Å². The molecule has 1 aliphatic heterocycles. The van der Waals surface area contributed by atoms with E-state index < -0.39 is 0 Å². The average molecular weight is 118 g/mol. The Hall–Kier alpha value is -0.150. The molecule has 2 nitrogen and oxygen atoms in total. The minimum atomic E-state index is 0.403. The van der Waals surface area contributed by atoms with E-state index in [9.17, 15) is 4.48 Å². The molecule has 3 heteroatoms. The van der Waals surface area contributed by atoms with Gasteiger partial charge in [0.05, 0.1) is 6.67 Å². The molecule has 1 rings (SSSR count). The smallest absolute Gasteiger partial charge is 0.0781 e. The van der Waals surface area contributed by atoms with Gasteiger partial charge < -0.3 is 5.32 Å². The van der Waals surface area contributed by atoms with Gasteiger partial charge in [-0.2, -0.15) is 0 Å². The Morgan fingerprint density at radius 1 is 1.38 bits per heavy atom. The number of nitrogens with zero attached hydrogens (tertiary/aromatic N) is 1.